The maximum atomic E-state index is 12.9. The number of aromatic nitrogens is 1. The summed E-state index contributed by atoms with van der Waals surface area (Å²) >= 11 is 0. The Kier molecular flexibility index (Phi) is 3.32. The molecular formula is C17H21N3O. The molecule has 4 nitrogen and oxygen atoms in total. The highest BCUT2D eigenvalue weighted by Crippen LogP contribution is 2.32. The second-order valence-electron chi connectivity index (χ2n) is 6.19. The Morgan fingerprint density at radius 1 is 1.29 bits per heavy atom. The van der Waals surface area contributed by atoms with Gasteiger partial charge in [0.05, 0.1) is 5.56 Å². The monoisotopic (exact) mass is 283 g/mol. The van der Waals surface area contributed by atoms with Crippen molar-refractivity contribution in [1.82, 2.24) is 9.88 Å². The van der Waals surface area contributed by atoms with Gasteiger partial charge in [0.2, 0.25) is 0 Å². The van der Waals surface area contributed by atoms with E-state index in [9.17, 15) is 4.79 Å². The molecule has 0 aliphatic carbocycles. The van der Waals surface area contributed by atoms with Crippen LogP contribution in [0.15, 0.2) is 30.5 Å². The molecule has 0 unspecified atom stereocenters. The number of carbonyl (C=O) groups excluding carboxylic acids is 1. The van der Waals surface area contributed by atoms with Crippen molar-refractivity contribution in [3.05, 3.63) is 36.0 Å². The van der Waals surface area contributed by atoms with E-state index in [-0.39, 0.29) is 11.4 Å². The molecular weight excluding hydrogens is 262 g/mol. The van der Waals surface area contributed by atoms with Gasteiger partial charge in [0.1, 0.15) is 5.82 Å². The lowest BCUT2D eigenvalue weighted by Gasteiger charge is -2.32. The summed E-state index contributed by atoms with van der Waals surface area (Å²) in [6, 6.07) is 7.93. The van der Waals surface area contributed by atoms with Crippen LogP contribution in [0, 0.1) is 0 Å². The Hall–Kier alpha value is -2.10. The number of hydrogen-bond acceptors (Lipinski definition) is 3. The molecule has 0 bridgehead atoms. The molecule has 1 aromatic heterocycles. The first-order valence-electron chi connectivity index (χ1n) is 7.42. The van der Waals surface area contributed by atoms with Gasteiger partial charge < -0.3 is 10.2 Å². The van der Waals surface area contributed by atoms with Gasteiger partial charge in [-0.25, -0.2) is 4.98 Å². The van der Waals surface area contributed by atoms with E-state index in [2.05, 4.69) is 24.1 Å². The van der Waals surface area contributed by atoms with E-state index < -0.39 is 0 Å². The normalized spacial score (nSPS) is 17.2. The molecule has 21 heavy (non-hydrogen) atoms. The minimum absolute atomic E-state index is 0.0696. The zero-order chi connectivity index (χ0) is 15.0. The second-order valence-corrected chi connectivity index (χ2v) is 6.19. The van der Waals surface area contributed by atoms with Gasteiger partial charge in [0.15, 0.2) is 0 Å². The summed E-state index contributed by atoms with van der Waals surface area (Å²) in [6.45, 7) is 5.10. The summed E-state index contributed by atoms with van der Waals surface area (Å²) in [4.78, 5) is 19.3. The molecule has 1 aliphatic heterocycles. The van der Waals surface area contributed by atoms with E-state index in [1.807, 2.05) is 36.2 Å². The van der Waals surface area contributed by atoms with Crippen LogP contribution in [0.3, 0.4) is 0 Å². The number of pyridine rings is 1. The molecule has 1 aromatic carbocycles. The summed E-state index contributed by atoms with van der Waals surface area (Å²) in [5.74, 6) is 0.895. The van der Waals surface area contributed by atoms with Crippen molar-refractivity contribution in [3.8, 4) is 0 Å². The lowest BCUT2D eigenvalue weighted by Crippen LogP contribution is -2.42. The topological polar surface area (TPSA) is 45.2 Å². The number of hydrogen-bond donors (Lipinski definition) is 1. The molecule has 3 rings (SSSR count). The first-order chi connectivity index (χ1) is 10.0. The molecule has 4 heteroatoms. The third-order valence-corrected chi connectivity index (χ3v) is 4.41. The zero-order valence-corrected chi connectivity index (χ0v) is 12.8. The van der Waals surface area contributed by atoms with E-state index in [0.29, 0.717) is 5.56 Å². The summed E-state index contributed by atoms with van der Waals surface area (Å²) in [5, 5.41) is 5.04. The molecule has 1 N–H and O–H groups in total. The third kappa shape index (κ3) is 2.24. The van der Waals surface area contributed by atoms with Gasteiger partial charge in [0.25, 0.3) is 5.91 Å². The van der Waals surface area contributed by atoms with Crippen LogP contribution in [0.4, 0.5) is 5.82 Å². The third-order valence-electron chi connectivity index (χ3n) is 4.41. The van der Waals surface area contributed by atoms with Gasteiger partial charge in [0, 0.05) is 30.7 Å². The molecule has 1 saturated heterocycles. The van der Waals surface area contributed by atoms with Crippen LogP contribution in [0.1, 0.15) is 37.0 Å². The van der Waals surface area contributed by atoms with Crippen LogP contribution >= 0.6 is 0 Å². The maximum absolute atomic E-state index is 12.9. The maximum Gasteiger partial charge on any atom is 0.256 e. The van der Waals surface area contributed by atoms with E-state index in [0.717, 1.165) is 36.0 Å². The Bertz CT molecular complexity index is 693. The summed E-state index contributed by atoms with van der Waals surface area (Å²) < 4.78 is 0. The predicted molar refractivity (Wildman–Crippen MR) is 85.6 cm³/mol. The minimum atomic E-state index is -0.0696. The summed E-state index contributed by atoms with van der Waals surface area (Å²) in [5.41, 5.74) is 0.624. The SMILES string of the molecule is CNc1ncc(C(=O)N2CCCC2(C)C)c2ccccc12. The van der Waals surface area contributed by atoms with Crippen molar-refractivity contribution in [2.45, 2.75) is 32.2 Å². The molecule has 2 heterocycles. The Morgan fingerprint density at radius 3 is 2.62 bits per heavy atom. The van der Waals surface area contributed by atoms with Gasteiger partial charge in [-0.1, -0.05) is 24.3 Å². The van der Waals surface area contributed by atoms with Crippen LogP contribution in [0.5, 0.6) is 0 Å². The molecule has 0 radical (unpaired) electrons. The predicted octanol–water partition coefficient (Wildman–Crippen LogP) is 3.29. The molecule has 1 amide bonds. The van der Waals surface area contributed by atoms with Crippen LogP contribution in [-0.2, 0) is 0 Å². The smallest absolute Gasteiger partial charge is 0.256 e. The van der Waals surface area contributed by atoms with Gasteiger partial charge >= 0.3 is 0 Å². The number of fused-ring (bicyclic) bond motifs is 1. The Labute approximate surface area is 125 Å². The lowest BCUT2D eigenvalue weighted by molar-refractivity contribution is 0.0653. The highest BCUT2D eigenvalue weighted by Gasteiger charge is 2.36. The number of carbonyl (C=O) groups is 1. The quantitative estimate of drug-likeness (QED) is 0.920. The van der Waals surface area contributed by atoms with Crippen LogP contribution in [0.25, 0.3) is 10.8 Å². The molecule has 2 aromatic rings. The van der Waals surface area contributed by atoms with E-state index >= 15 is 0 Å². The summed E-state index contributed by atoms with van der Waals surface area (Å²) in [6.07, 6.45) is 3.82. The fraction of sp³-hybridized carbons (Fsp3) is 0.412. The highest BCUT2D eigenvalue weighted by atomic mass is 16.2. The van der Waals surface area contributed by atoms with Crippen LogP contribution < -0.4 is 5.32 Å². The Balaban J connectivity index is 2.11. The number of nitrogens with one attached hydrogen (secondary N) is 1. The molecule has 0 spiro atoms. The Morgan fingerprint density at radius 2 is 2.00 bits per heavy atom. The molecule has 1 aliphatic rings. The fourth-order valence-corrected chi connectivity index (χ4v) is 3.19. The fourth-order valence-electron chi connectivity index (χ4n) is 3.19. The number of amides is 1. The van der Waals surface area contributed by atoms with E-state index in [1.165, 1.54) is 0 Å². The first-order valence-corrected chi connectivity index (χ1v) is 7.42. The van der Waals surface area contributed by atoms with E-state index in [1.54, 1.807) is 6.20 Å². The minimum Gasteiger partial charge on any atom is -0.373 e. The van der Waals surface area contributed by atoms with Gasteiger partial charge in [-0.2, -0.15) is 0 Å². The van der Waals surface area contributed by atoms with Crippen LogP contribution in [-0.4, -0.2) is 34.9 Å². The standard InChI is InChI=1S/C17H21N3O/c1-17(2)9-6-10-20(17)16(21)14-11-19-15(18-3)13-8-5-4-7-12(13)14/h4-5,7-8,11H,6,9-10H2,1-3H3,(H,18,19). The largest absolute Gasteiger partial charge is 0.373 e. The molecule has 110 valence electrons. The number of rotatable bonds is 2. The highest BCUT2D eigenvalue weighted by molar-refractivity contribution is 6.09. The molecule has 1 fully saturated rings. The van der Waals surface area contributed by atoms with Crippen molar-refractivity contribution in [1.29, 1.82) is 0 Å². The molecule has 0 saturated carbocycles. The van der Waals surface area contributed by atoms with Crippen molar-refractivity contribution in [3.63, 3.8) is 0 Å². The zero-order valence-electron chi connectivity index (χ0n) is 12.8. The van der Waals surface area contributed by atoms with Crippen molar-refractivity contribution < 1.29 is 4.79 Å². The average Bonchev–Trinajstić information content (AvgIpc) is 2.85. The van der Waals surface area contributed by atoms with Gasteiger partial charge in [-0.05, 0) is 32.1 Å². The number of likely N-dealkylation sites (tertiary alicyclic amines) is 1. The van der Waals surface area contributed by atoms with E-state index in [4.69, 9.17) is 0 Å². The average molecular weight is 283 g/mol. The van der Waals surface area contributed by atoms with Crippen molar-refractivity contribution in [2.24, 2.45) is 0 Å². The first kappa shape index (κ1) is 13.9. The van der Waals surface area contributed by atoms with Gasteiger partial charge in [-0.3, -0.25) is 4.79 Å². The van der Waals surface area contributed by atoms with Crippen molar-refractivity contribution >= 4 is 22.5 Å². The number of anilines is 1. The van der Waals surface area contributed by atoms with Gasteiger partial charge in [-0.15, -0.1) is 0 Å². The van der Waals surface area contributed by atoms with Crippen LogP contribution in [0.2, 0.25) is 0 Å². The molecule has 0 atom stereocenters. The summed E-state index contributed by atoms with van der Waals surface area (Å²) in [7, 11) is 1.85. The number of nitrogens with zero attached hydrogens (tertiary/aromatic N) is 2. The lowest BCUT2D eigenvalue weighted by atomic mass is 10.00. The second kappa shape index (κ2) is 5.02. The van der Waals surface area contributed by atoms with Crippen molar-refractivity contribution in [2.75, 3.05) is 18.9 Å². The number of benzene rings is 1.